The van der Waals surface area contributed by atoms with Crippen LogP contribution < -0.4 is 15.4 Å². The second-order valence-electron chi connectivity index (χ2n) is 8.58. The van der Waals surface area contributed by atoms with Crippen molar-refractivity contribution in [1.29, 1.82) is 0 Å². The molecule has 2 amide bonds. The molecule has 1 aliphatic rings. The normalized spacial score (nSPS) is 24.8. The van der Waals surface area contributed by atoms with E-state index >= 15 is 0 Å². The Hall–Kier alpha value is -4.07. The number of amides is 2. The van der Waals surface area contributed by atoms with Gasteiger partial charge in [0.1, 0.15) is 17.5 Å². The highest BCUT2D eigenvalue weighted by Crippen LogP contribution is 2.25. The summed E-state index contributed by atoms with van der Waals surface area (Å²) in [6.07, 6.45) is 4.49. The maximum atomic E-state index is 13.3. The molecule has 0 aromatic heterocycles. The van der Waals surface area contributed by atoms with E-state index in [0.717, 1.165) is 5.56 Å². The molecule has 0 aliphatic carbocycles. The summed E-state index contributed by atoms with van der Waals surface area (Å²) in [5, 5.41) is 15.5. The molecular formula is C28H32N2O6. The van der Waals surface area contributed by atoms with E-state index in [-0.39, 0.29) is 43.4 Å². The highest BCUT2D eigenvalue weighted by atomic mass is 16.5. The van der Waals surface area contributed by atoms with Crippen molar-refractivity contribution in [2.24, 2.45) is 5.92 Å². The first-order valence-electron chi connectivity index (χ1n) is 11.9. The summed E-state index contributed by atoms with van der Waals surface area (Å²) in [4.78, 5) is 38.8. The number of esters is 1. The molecule has 0 saturated heterocycles. The van der Waals surface area contributed by atoms with Crippen molar-refractivity contribution in [2.75, 3.05) is 6.61 Å². The lowest BCUT2D eigenvalue weighted by atomic mass is 9.93. The lowest BCUT2D eigenvalue weighted by molar-refractivity contribution is -0.144. The van der Waals surface area contributed by atoms with Crippen molar-refractivity contribution in [3.05, 3.63) is 85.0 Å². The van der Waals surface area contributed by atoms with E-state index in [2.05, 4.69) is 17.2 Å². The highest BCUT2D eigenvalue weighted by molar-refractivity contribution is 5.90. The number of carbonyl (C=O) groups is 3. The summed E-state index contributed by atoms with van der Waals surface area (Å²) in [7, 11) is 0. The number of para-hydroxylation sites is 1. The average molecular weight is 493 g/mol. The second kappa shape index (κ2) is 13.1. The summed E-state index contributed by atoms with van der Waals surface area (Å²) >= 11 is 0. The van der Waals surface area contributed by atoms with Crippen molar-refractivity contribution in [3.8, 4) is 11.5 Å². The van der Waals surface area contributed by atoms with Gasteiger partial charge in [-0.25, -0.2) is 0 Å². The van der Waals surface area contributed by atoms with Gasteiger partial charge in [0.2, 0.25) is 5.91 Å². The highest BCUT2D eigenvalue weighted by Gasteiger charge is 2.29. The van der Waals surface area contributed by atoms with E-state index in [1.807, 2.05) is 19.1 Å². The summed E-state index contributed by atoms with van der Waals surface area (Å²) in [6.45, 7) is 5.61. The number of rotatable bonds is 5. The van der Waals surface area contributed by atoms with Gasteiger partial charge in [-0.3, -0.25) is 14.4 Å². The van der Waals surface area contributed by atoms with Crippen molar-refractivity contribution in [1.82, 2.24) is 10.6 Å². The molecule has 0 radical (unpaired) electrons. The van der Waals surface area contributed by atoms with Gasteiger partial charge in [0, 0.05) is 6.42 Å². The number of carbonyl (C=O) groups excluding carboxylic acids is 3. The Morgan fingerprint density at radius 2 is 1.78 bits per heavy atom. The van der Waals surface area contributed by atoms with E-state index < -0.39 is 30.1 Å². The fraction of sp³-hybridized carbons (Fsp3) is 0.321. The summed E-state index contributed by atoms with van der Waals surface area (Å²) in [5.74, 6) is -0.931. The number of hydrogen-bond acceptors (Lipinski definition) is 6. The third kappa shape index (κ3) is 7.73. The standard InChI is InChI=1S/C28H32N2O6/c1-3-8-23-27(33)30-26(20-13-15-21(31)16-14-20)19(2)9-7-12-25(32)35-18-17-24(28(34)29-23)36-22-10-5-4-6-11-22/h3-7,9-11,13-16,19,23-24,26,31H,1,8,12,17-18H2,2H3,(H,29,34)(H,30,33)/b9-7+/t19-,23+,24?,26+/m1/s1. The Labute approximate surface area is 211 Å². The zero-order valence-corrected chi connectivity index (χ0v) is 20.3. The van der Waals surface area contributed by atoms with E-state index in [1.165, 1.54) is 0 Å². The summed E-state index contributed by atoms with van der Waals surface area (Å²) < 4.78 is 11.2. The maximum Gasteiger partial charge on any atom is 0.309 e. The predicted octanol–water partition coefficient (Wildman–Crippen LogP) is 3.59. The van der Waals surface area contributed by atoms with Crippen molar-refractivity contribution < 1.29 is 29.0 Å². The average Bonchev–Trinajstić information content (AvgIpc) is 2.87. The first kappa shape index (κ1) is 26.5. The summed E-state index contributed by atoms with van der Waals surface area (Å²) in [5.41, 5.74) is 0.763. The van der Waals surface area contributed by atoms with Gasteiger partial charge in [-0.2, -0.15) is 0 Å². The zero-order chi connectivity index (χ0) is 25.9. The topological polar surface area (TPSA) is 114 Å². The monoisotopic (exact) mass is 492 g/mol. The maximum absolute atomic E-state index is 13.3. The van der Waals surface area contributed by atoms with Crippen LogP contribution in [0.3, 0.4) is 0 Å². The smallest absolute Gasteiger partial charge is 0.309 e. The Morgan fingerprint density at radius 1 is 1.06 bits per heavy atom. The molecule has 3 N–H and O–H groups in total. The fourth-order valence-electron chi connectivity index (χ4n) is 3.85. The van der Waals surface area contributed by atoms with Crippen LogP contribution in [0.25, 0.3) is 0 Å². The van der Waals surface area contributed by atoms with E-state index in [9.17, 15) is 19.5 Å². The number of cyclic esters (lactones) is 1. The van der Waals surface area contributed by atoms with E-state index in [1.54, 1.807) is 60.7 Å². The van der Waals surface area contributed by atoms with Crippen LogP contribution in [-0.4, -0.2) is 41.6 Å². The molecular weight excluding hydrogens is 460 g/mol. The third-order valence-corrected chi connectivity index (χ3v) is 5.79. The molecule has 0 saturated carbocycles. The SMILES string of the molecule is C=CC[C@@H]1NC(=O)C(Oc2ccccc2)CCOC(=O)C/C=C/[C@@H](C)[C@@H](c2ccc(O)cc2)NC1=O. The minimum Gasteiger partial charge on any atom is -0.508 e. The third-order valence-electron chi connectivity index (χ3n) is 5.79. The Bertz CT molecular complexity index is 1070. The number of ether oxygens (including phenoxy) is 2. The van der Waals surface area contributed by atoms with Gasteiger partial charge in [-0.1, -0.05) is 55.5 Å². The molecule has 8 nitrogen and oxygen atoms in total. The van der Waals surface area contributed by atoms with Gasteiger partial charge in [0.05, 0.1) is 19.1 Å². The first-order chi connectivity index (χ1) is 17.4. The molecule has 0 fully saturated rings. The first-order valence-corrected chi connectivity index (χ1v) is 11.9. The van der Waals surface area contributed by atoms with Crippen molar-refractivity contribution in [2.45, 2.75) is 44.4 Å². The fourth-order valence-corrected chi connectivity index (χ4v) is 3.85. The molecule has 0 spiro atoms. The number of benzene rings is 2. The van der Waals surface area contributed by atoms with Crippen molar-refractivity contribution >= 4 is 17.8 Å². The molecule has 2 aromatic carbocycles. The van der Waals surface area contributed by atoms with Crippen LogP contribution in [0.15, 0.2) is 79.4 Å². The lowest BCUT2D eigenvalue weighted by Crippen LogP contribution is -2.51. The lowest BCUT2D eigenvalue weighted by Gasteiger charge is -2.27. The van der Waals surface area contributed by atoms with Crippen LogP contribution in [0.5, 0.6) is 11.5 Å². The van der Waals surface area contributed by atoms with Gasteiger partial charge in [-0.15, -0.1) is 6.58 Å². The molecule has 1 unspecified atom stereocenters. The van der Waals surface area contributed by atoms with Crippen LogP contribution in [0.1, 0.15) is 37.8 Å². The number of phenolic OH excluding ortho intramolecular Hbond substituents is 1. The van der Waals surface area contributed by atoms with E-state index in [0.29, 0.717) is 5.75 Å². The van der Waals surface area contributed by atoms with Crippen LogP contribution in [0.4, 0.5) is 0 Å². The number of aromatic hydroxyl groups is 1. The van der Waals surface area contributed by atoms with Gasteiger partial charge in [-0.05, 0) is 42.2 Å². The van der Waals surface area contributed by atoms with Crippen LogP contribution in [0.2, 0.25) is 0 Å². The molecule has 1 heterocycles. The largest absolute Gasteiger partial charge is 0.508 e. The quantitative estimate of drug-likeness (QED) is 0.434. The van der Waals surface area contributed by atoms with Gasteiger partial charge in [0.25, 0.3) is 5.91 Å². The zero-order valence-electron chi connectivity index (χ0n) is 20.3. The van der Waals surface area contributed by atoms with Crippen molar-refractivity contribution in [3.63, 3.8) is 0 Å². The molecule has 4 atom stereocenters. The number of hydrogen-bond donors (Lipinski definition) is 3. The molecule has 8 heteroatoms. The second-order valence-corrected chi connectivity index (χ2v) is 8.58. The van der Waals surface area contributed by atoms with Crippen LogP contribution >= 0.6 is 0 Å². The summed E-state index contributed by atoms with van der Waals surface area (Å²) in [6, 6.07) is 14.0. The molecule has 2 aromatic rings. The molecule has 1 aliphatic heterocycles. The molecule has 190 valence electrons. The van der Waals surface area contributed by atoms with E-state index in [4.69, 9.17) is 9.47 Å². The minimum absolute atomic E-state index is 0.0123. The molecule has 36 heavy (non-hydrogen) atoms. The van der Waals surface area contributed by atoms with Gasteiger partial charge < -0.3 is 25.2 Å². The molecule has 0 bridgehead atoms. The van der Waals surface area contributed by atoms with Crippen LogP contribution in [0, 0.1) is 5.92 Å². The van der Waals surface area contributed by atoms with Gasteiger partial charge >= 0.3 is 5.97 Å². The Morgan fingerprint density at radius 3 is 2.47 bits per heavy atom. The number of nitrogens with one attached hydrogen (secondary N) is 2. The van der Waals surface area contributed by atoms with Crippen LogP contribution in [-0.2, 0) is 19.1 Å². The van der Waals surface area contributed by atoms with Gasteiger partial charge in [0.15, 0.2) is 6.10 Å². The molecule has 3 rings (SSSR count). The minimum atomic E-state index is -0.979. The predicted molar refractivity (Wildman–Crippen MR) is 135 cm³/mol. The Balaban J connectivity index is 1.89. The Kier molecular flexibility index (Phi) is 9.68. The number of phenols is 1.